The van der Waals surface area contributed by atoms with Crippen molar-refractivity contribution in [2.75, 3.05) is 14.2 Å². The Kier molecular flexibility index (Phi) is 2.32. The van der Waals surface area contributed by atoms with E-state index in [2.05, 4.69) is 11.9 Å². The molecule has 0 radical (unpaired) electrons. The maximum Gasteiger partial charge on any atom is 0.280 e. The molecule has 3 aliphatic rings. The van der Waals surface area contributed by atoms with Crippen molar-refractivity contribution in [1.82, 2.24) is 4.90 Å². The van der Waals surface area contributed by atoms with Crippen LogP contribution in [0.1, 0.15) is 19.8 Å². The minimum atomic E-state index is -0.867. The average molecular weight is 228 g/mol. The number of nitrogens with zero attached hydrogens (tertiary/aromatic N) is 1. The van der Waals surface area contributed by atoms with Crippen molar-refractivity contribution in [3.8, 4) is 0 Å². The number of hydrogen-bond acceptors (Lipinski definition) is 5. The van der Waals surface area contributed by atoms with Crippen LogP contribution in [0.2, 0.25) is 0 Å². The predicted octanol–water partition coefficient (Wildman–Crippen LogP) is -0.106. The molecule has 3 heterocycles. The van der Waals surface area contributed by atoms with E-state index in [9.17, 15) is 0 Å². The lowest BCUT2D eigenvalue weighted by Crippen LogP contribution is -2.50. The molecule has 0 aromatic heterocycles. The highest BCUT2D eigenvalue weighted by atomic mass is 16.9. The highest BCUT2D eigenvalue weighted by Crippen LogP contribution is 2.45. The van der Waals surface area contributed by atoms with Gasteiger partial charge in [-0.2, -0.15) is 0 Å². The summed E-state index contributed by atoms with van der Waals surface area (Å²) in [7, 11) is 3.75. The largest absolute Gasteiger partial charge is 0.331 e. The van der Waals surface area contributed by atoms with Gasteiger partial charge >= 0.3 is 0 Å². The van der Waals surface area contributed by atoms with E-state index in [1.165, 1.54) is 0 Å². The lowest BCUT2D eigenvalue weighted by atomic mass is 9.98. The summed E-state index contributed by atoms with van der Waals surface area (Å²) in [5.74, 6) is -0.867. The van der Waals surface area contributed by atoms with Gasteiger partial charge in [-0.15, -0.1) is 0 Å². The normalized spacial score (nSPS) is 56.6. The van der Waals surface area contributed by atoms with Gasteiger partial charge in [0.1, 0.15) is 12.2 Å². The molecule has 0 aromatic carbocycles. The maximum atomic E-state index is 6.05. The molecule has 5 heteroatoms. The fraction of sp³-hybridized carbons (Fsp3) is 1.00. The van der Waals surface area contributed by atoms with Gasteiger partial charge in [0.05, 0.1) is 0 Å². The quantitative estimate of drug-likeness (QED) is 0.679. The summed E-state index contributed by atoms with van der Waals surface area (Å²) in [5, 5.41) is 0. The van der Waals surface area contributed by atoms with Crippen LogP contribution in [0.15, 0.2) is 0 Å². The molecule has 4 unspecified atom stereocenters. The van der Waals surface area contributed by atoms with E-state index in [0.29, 0.717) is 12.1 Å². The topological polar surface area (TPSA) is 57.0 Å². The summed E-state index contributed by atoms with van der Waals surface area (Å²) < 4.78 is 17.1. The van der Waals surface area contributed by atoms with Crippen LogP contribution in [-0.4, -0.2) is 55.4 Å². The van der Waals surface area contributed by atoms with Gasteiger partial charge in [0.15, 0.2) is 0 Å². The number of hydrogen-bond donors (Lipinski definition) is 1. The van der Waals surface area contributed by atoms with Crippen molar-refractivity contribution >= 4 is 0 Å². The fourth-order valence-electron chi connectivity index (χ4n) is 3.37. The molecule has 5 nitrogen and oxygen atoms in total. The van der Waals surface area contributed by atoms with Gasteiger partial charge in [-0.05, 0) is 19.9 Å². The number of piperidine rings is 1. The standard InChI is InChI=1S/C11H20N2O3/c1-11(14-3)15-9-7-4-6(12)5-8(13(7)2)10(9)16-11/h6-10H,4-5,12H2,1-3H3. The summed E-state index contributed by atoms with van der Waals surface area (Å²) in [4.78, 5) is 2.36. The van der Waals surface area contributed by atoms with Crippen LogP contribution >= 0.6 is 0 Å². The Bertz CT molecular complexity index is 277. The number of ether oxygens (including phenoxy) is 3. The van der Waals surface area contributed by atoms with Gasteiger partial charge in [0.25, 0.3) is 5.97 Å². The van der Waals surface area contributed by atoms with Crippen LogP contribution in [0.3, 0.4) is 0 Å². The highest BCUT2D eigenvalue weighted by Gasteiger charge is 2.60. The Labute approximate surface area is 95.8 Å². The van der Waals surface area contributed by atoms with E-state index < -0.39 is 5.97 Å². The molecular formula is C11H20N2O3. The van der Waals surface area contributed by atoms with Gasteiger partial charge in [0, 0.05) is 32.2 Å². The number of likely N-dealkylation sites (N-methyl/N-ethyl adjacent to an activating group) is 1. The number of nitrogens with two attached hydrogens (primary N) is 1. The molecule has 3 rings (SSSR count). The second kappa shape index (κ2) is 3.40. The molecule has 2 bridgehead atoms. The van der Waals surface area contributed by atoms with E-state index in [1.807, 2.05) is 6.92 Å². The van der Waals surface area contributed by atoms with E-state index in [0.717, 1.165) is 12.8 Å². The second-order valence-corrected chi connectivity index (χ2v) is 5.26. The van der Waals surface area contributed by atoms with Gasteiger partial charge < -0.3 is 19.9 Å². The SMILES string of the molecule is COC1(C)OC2C(O1)C1CC(N)CC2N1C. The summed E-state index contributed by atoms with van der Waals surface area (Å²) in [6.07, 6.45) is 2.18. The molecule has 0 saturated carbocycles. The third kappa shape index (κ3) is 1.36. The first-order chi connectivity index (χ1) is 7.54. The van der Waals surface area contributed by atoms with Crippen LogP contribution in [0, 0.1) is 0 Å². The van der Waals surface area contributed by atoms with Crippen molar-refractivity contribution in [1.29, 1.82) is 0 Å². The monoisotopic (exact) mass is 228 g/mol. The van der Waals surface area contributed by atoms with Crippen LogP contribution in [0.4, 0.5) is 0 Å². The molecule has 2 N–H and O–H groups in total. The van der Waals surface area contributed by atoms with E-state index >= 15 is 0 Å². The van der Waals surface area contributed by atoms with E-state index in [-0.39, 0.29) is 18.2 Å². The van der Waals surface area contributed by atoms with Gasteiger partial charge in [-0.3, -0.25) is 4.90 Å². The van der Waals surface area contributed by atoms with Crippen LogP contribution < -0.4 is 5.73 Å². The van der Waals surface area contributed by atoms with Crippen LogP contribution in [0.25, 0.3) is 0 Å². The fourth-order valence-corrected chi connectivity index (χ4v) is 3.37. The molecule has 0 aliphatic carbocycles. The number of methoxy groups -OCH3 is 1. The second-order valence-electron chi connectivity index (χ2n) is 5.26. The molecule has 0 spiro atoms. The molecular weight excluding hydrogens is 208 g/mol. The maximum absolute atomic E-state index is 6.05. The zero-order valence-electron chi connectivity index (χ0n) is 10.1. The molecule has 92 valence electrons. The molecule has 3 fully saturated rings. The highest BCUT2D eigenvalue weighted by molar-refractivity contribution is 5.09. The molecule has 4 atom stereocenters. The van der Waals surface area contributed by atoms with Crippen molar-refractivity contribution in [2.24, 2.45) is 5.73 Å². The zero-order chi connectivity index (χ0) is 11.5. The van der Waals surface area contributed by atoms with E-state index in [4.69, 9.17) is 19.9 Å². The summed E-state index contributed by atoms with van der Waals surface area (Å²) in [6, 6.07) is 1.02. The third-order valence-corrected chi connectivity index (χ3v) is 4.29. The summed E-state index contributed by atoms with van der Waals surface area (Å²) >= 11 is 0. The summed E-state index contributed by atoms with van der Waals surface area (Å²) in [6.45, 7) is 1.83. The lowest BCUT2D eigenvalue weighted by Gasteiger charge is -2.37. The minimum absolute atomic E-state index is 0.105. The first-order valence-corrected chi connectivity index (χ1v) is 5.92. The molecule has 0 aromatic rings. The number of fused-ring (bicyclic) bond motifs is 5. The molecule has 16 heavy (non-hydrogen) atoms. The Morgan fingerprint density at radius 3 is 2.19 bits per heavy atom. The molecule has 0 amide bonds. The molecule has 3 saturated heterocycles. The Balaban J connectivity index is 1.85. The summed E-state index contributed by atoms with van der Waals surface area (Å²) in [5.41, 5.74) is 6.05. The van der Waals surface area contributed by atoms with Crippen LogP contribution in [-0.2, 0) is 14.2 Å². The van der Waals surface area contributed by atoms with Crippen molar-refractivity contribution in [3.05, 3.63) is 0 Å². The first-order valence-electron chi connectivity index (χ1n) is 5.92. The van der Waals surface area contributed by atoms with Crippen molar-refractivity contribution in [3.63, 3.8) is 0 Å². The predicted molar refractivity (Wildman–Crippen MR) is 57.7 cm³/mol. The first kappa shape index (κ1) is 10.9. The Morgan fingerprint density at radius 1 is 1.25 bits per heavy atom. The van der Waals surface area contributed by atoms with Crippen LogP contribution in [0.5, 0.6) is 0 Å². The van der Waals surface area contributed by atoms with Crippen molar-refractivity contribution in [2.45, 2.75) is 56.1 Å². The minimum Gasteiger partial charge on any atom is -0.331 e. The molecule has 3 aliphatic heterocycles. The Morgan fingerprint density at radius 2 is 1.75 bits per heavy atom. The van der Waals surface area contributed by atoms with Gasteiger partial charge in [0.2, 0.25) is 0 Å². The van der Waals surface area contributed by atoms with Gasteiger partial charge in [-0.25, -0.2) is 0 Å². The average Bonchev–Trinajstić information content (AvgIpc) is 2.64. The van der Waals surface area contributed by atoms with Gasteiger partial charge in [-0.1, -0.05) is 0 Å². The Hall–Kier alpha value is -0.200. The van der Waals surface area contributed by atoms with E-state index in [1.54, 1.807) is 7.11 Å². The van der Waals surface area contributed by atoms with Crippen molar-refractivity contribution < 1.29 is 14.2 Å². The lowest BCUT2D eigenvalue weighted by molar-refractivity contribution is -0.327. The smallest absolute Gasteiger partial charge is 0.280 e. The zero-order valence-corrected chi connectivity index (χ0v) is 10.1. The number of rotatable bonds is 1. The third-order valence-electron chi connectivity index (χ3n) is 4.29.